The van der Waals surface area contributed by atoms with Gasteiger partial charge in [0.05, 0.1) is 6.42 Å². The number of aromatic nitrogens is 4. The Bertz CT molecular complexity index is 842. The summed E-state index contributed by atoms with van der Waals surface area (Å²) in [6.45, 7) is 7.68. The van der Waals surface area contributed by atoms with Gasteiger partial charge in [0, 0.05) is 30.2 Å². The molecule has 0 unspecified atom stereocenters. The van der Waals surface area contributed by atoms with Crippen molar-refractivity contribution in [1.29, 1.82) is 0 Å². The third-order valence-corrected chi connectivity index (χ3v) is 3.30. The number of pyridine rings is 1. The first kappa shape index (κ1) is 24.8. The molecule has 0 aliphatic heterocycles. The third kappa shape index (κ3) is 8.85. The molecule has 0 aliphatic rings. The van der Waals surface area contributed by atoms with E-state index in [4.69, 9.17) is 0 Å². The molecule has 0 bridgehead atoms. The van der Waals surface area contributed by atoms with Crippen molar-refractivity contribution in [3.8, 4) is 11.4 Å². The van der Waals surface area contributed by atoms with Gasteiger partial charge in [0.2, 0.25) is 11.9 Å². The highest BCUT2D eigenvalue weighted by atomic mass is 19.4. The summed E-state index contributed by atoms with van der Waals surface area (Å²) in [6.07, 6.45) is -2.03. The lowest BCUT2D eigenvalue weighted by Gasteiger charge is -2.11. The first-order chi connectivity index (χ1) is 14.5. The lowest BCUT2D eigenvalue weighted by atomic mass is 10.2. The molecule has 3 aromatic rings. The average Bonchev–Trinajstić information content (AvgIpc) is 2.77. The number of halogens is 3. The second-order valence-corrected chi connectivity index (χ2v) is 5.33. The number of rotatable bonds is 6. The van der Waals surface area contributed by atoms with Crippen LogP contribution in [0, 0.1) is 0 Å². The van der Waals surface area contributed by atoms with Crippen molar-refractivity contribution < 1.29 is 13.2 Å². The van der Waals surface area contributed by atoms with Crippen molar-refractivity contribution in [3.63, 3.8) is 0 Å². The summed E-state index contributed by atoms with van der Waals surface area (Å²) in [6, 6.07) is 12.6. The smallest absolute Gasteiger partial charge is 0.354 e. The molecule has 0 saturated heterocycles. The Balaban J connectivity index is 0.00000106. The minimum absolute atomic E-state index is 0.0691. The standard InChI is InChI=1S/C17H15F3N6.2C2H6/c18-17(19,20)8-11-22-15-24-14(12-4-2-1-3-5-12)25-16(26-15)23-13-6-9-21-10-7-13;2*1-2/h1-7,9-10H,8,11H2,(H2,21,22,23,24,25,26);2*1-2H3. The van der Waals surface area contributed by atoms with Crippen LogP contribution >= 0.6 is 0 Å². The van der Waals surface area contributed by atoms with Crippen LogP contribution in [-0.4, -0.2) is 32.7 Å². The Hall–Kier alpha value is -3.23. The predicted molar refractivity (Wildman–Crippen MR) is 115 cm³/mol. The van der Waals surface area contributed by atoms with E-state index < -0.39 is 12.6 Å². The molecular formula is C21H27F3N6. The van der Waals surface area contributed by atoms with Gasteiger partial charge in [0.1, 0.15) is 0 Å². The van der Waals surface area contributed by atoms with Crippen LogP contribution in [0.1, 0.15) is 34.1 Å². The van der Waals surface area contributed by atoms with Gasteiger partial charge in [-0.25, -0.2) is 0 Å². The highest BCUT2D eigenvalue weighted by Gasteiger charge is 2.26. The lowest BCUT2D eigenvalue weighted by molar-refractivity contribution is -0.131. The molecule has 0 fully saturated rings. The van der Waals surface area contributed by atoms with Crippen LogP contribution < -0.4 is 10.6 Å². The zero-order valence-corrected chi connectivity index (χ0v) is 17.5. The van der Waals surface area contributed by atoms with Crippen molar-refractivity contribution in [1.82, 2.24) is 19.9 Å². The molecule has 2 aromatic heterocycles. The van der Waals surface area contributed by atoms with Crippen LogP contribution in [0.4, 0.5) is 30.8 Å². The lowest BCUT2D eigenvalue weighted by Crippen LogP contribution is -2.16. The van der Waals surface area contributed by atoms with E-state index in [-0.39, 0.29) is 18.4 Å². The molecule has 0 amide bonds. The molecule has 1 aromatic carbocycles. The van der Waals surface area contributed by atoms with E-state index in [1.54, 1.807) is 24.5 Å². The summed E-state index contributed by atoms with van der Waals surface area (Å²) in [7, 11) is 0. The Labute approximate surface area is 175 Å². The van der Waals surface area contributed by atoms with Gasteiger partial charge < -0.3 is 10.6 Å². The van der Waals surface area contributed by atoms with Crippen LogP contribution in [-0.2, 0) is 0 Å². The Morgan fingerprint density at radius 1 is 0.800 bits per heavy atom. The van der Waals surface area contributed by atoms with Crippen LogP contribution in [0.15, 0.2) is 54.9 Å². The molecule has 0 saturated carbocycles. The summed E-state index contributed by atoms with van der Waals surface area (Å²) < 4.78 is 37.1. The zero-order valence-electron chi connectivity index (χ0n) is 17.5. The average molecular weight is 420 g/mol. The van der Waals surface area contributed by atoms with E-state index in [9.17, 15) is 13.2 Å². The first-order valence-corrected chi connectivity index (χ1v) is 9.79. The number of alkyl halides is 3. The number of nitrogens with zero attached hydrogens (tertiary/aromatic N) is 4. The van der Waals surface area contributed by atoms with E-state index in [1.807, 2.05) is 58.0 Å². The second-order valence-electron chi connectivity index (χ2n) is 5.33. The highest BCUT2D eigenvalue weighted by molar-refractivity contribution is 5.60. The first-order valence-electron chi connectivity index (χ1n) is 9.79. The van der Waals surface area contributed by atoms with Crippen molar-refractivity contribution >= 4 is 17.6 Å². The summed E-state index contributed by atoms with van der Waals surface area (Å²) in [5.41, 5.74) is 1.43. The fourth-order valence-corrected chi connectivity index (χ4v) is 2.11. The SMILES string of the molecule is CC.CC.FC(F)(F)CCNc1nc(Nc2ccncc2)nc(-c2ccccc2)n1. The van der Waals surface area contributed by atoms with Gasteiger partial charge in [-0.2, -0.15) is 28.1 Å². The molecule has 2 N–H and O–H groups in total. The number of hydrogen-bond acceptors (Lipinski definition) is 6. The highest BCUT2D eigenvalue weighted by Crippen LogP contribution is 2.21. The molecule has 0 radical (unpaired) electrons. The van der Waals surface area contributed by atoms with Crippen LogP contribution in [0.3, 0.4) is 0 Å². The fourth-order valence-electron chi connectivity index (χ4n) is 2.11. The van der Waals surface area contributed by atoms with Crippen molar-refractivity contribution in [2.45, 2.75) is 40.3 Å². The van der Waals surface area contributed by atoms with Gasteiger partial charge in [0.25, 0.3) is 0 Å². The second kappa shape index (κ2) is 13.1. The van der Waals surface area contributed by atoms with Gasteiger partial charge >= 0.3 is 6.18 Å². The number of hydrogen-bond donors (Lipinski definition) is 2. The quantitative estimate of drug-likeness (QED) is 0.502. The number of nitrogens with one attached hydrogen (secondary N) is 2. The molecule has 30 heavy (non-hydrogen) atoms. The molecule has 2 heterocycles. The van der Waals surface area contributed by atoms with Gasteiger partial charge in [-0.3, -0.25) is 4.98 Å². The van der Waals surface area contributed by atoms with E-state index in [1.165, 1.54) is 0 Å². The van der Waals surface area contributed by atoms with Crippen molar-refractivity contribution in [2.24, 2.45) is 0 Å². The molecule has 0 spiro atoms. The Morgan fingerprint density at radius 3 is 2.00 bits per heavy atom. The molecule has 9 heteroatoms. The summed E-state index contributed by atoms with van der Waals surface area (Å²) in [5.74, 6) is 0.644. The molecule has 0 atom stereocenters. The third-order valence-electron chi connectivity index (χ3n) is 3.30. The maximum Gasteiger partial charge on any atom is 0.390 e. The molecule has 3 rings (SSSR count). The summed E-state index contributed by atoms with van der Waals surface area (Å²) in [5, 5.41) is 5.60. The van der Waals surface area contributed by atoms with E-state index >= 15 is 0 Å². The van der Waals surface area contributed by atoms with Crippen LogP contribution in [0.25, 0.3) is 11.4 Å². The fraction of sp³-hybridized carbons (Fsp3) is 0.333. The van der Waals surface area contributed by atoms with E-state index in [0.717, 1.165) is 5.56 Å². The predicted octanol–water partition coefficient (Wildman–Crippen LogP) is 6.09. The van der Waals surface area contributed by atoms with Gasteiger partial charge in [0.15, 0.2) is 5.82 Å². The molecular weight excluding hydrogens is 393 g/mol. The Morgan fingerprint density at radius 2 is 1.40 bits per heavy atom. The maximum absolute atomic E-state index is 12.4. The molecule has 6 nitrogen and oxygen atoms in total. The number of anilines is 3. The van der Waals surface area contributed by atoms with Crippen molar-refractivity contribution in [2.75, 3.05) is 17.2 Å². The Kier molecular flexibility index (Phi) is 10.8. The number of benzene rings is 1. The van der Waals surface area contributed by atoms with E-state index in [0.29, 0.717) is 11.5 Å². The van der Waals surface area contributed by atoms with Gasteiger partial charge in [-0.15, -0.1) is 0 Å². The van der Waals surface area contributed by atoms with Crippen molar-refractivity contribution in [3.05, 3.63) is 54.9 Å². The molecule has 0 aliphatic carbocycles. The largest absolute Gasteiger partial charge is 0.390 e. The van der Waals surface area contributed by atoms with Gasteiger partial charge in [-0.1, -0.05) is 58.0 Å². The normalized spacial score (nSPS) is 10.1. The molecule has 162 valence electrons. The van der Waals surface area contributed by atoms with Crippen LogP contribution in [0.5, 0.6) is 0 Å². The monoisotopic (exact) mass is 420 g/mol. The van der Waals surface area contributed by atoms with Gasteiger partial charge in [-0.05, 0) is 12.1 Å². The summed E-state index contributed by atoms with van der Waals surface area (Å²) >= 11 is 0. The maximum atomic E-state index is 12.4. The topological polar surface area (TPSA) is 75.6 Å². The summed E-state index contributed by atoms with van der Waals surface area (Å²) in [4.78, 5) is 16.6. The van der Waals surface area contributed by atoms with Crippen LogP contribution in [0.2, 0.25) is 0 Å². The van der Waals surface area contributed by atoms with E-state index in [2.05, 4.69) is 30.6 Å². The zero-order chi connectivity index (χ0) is 22.4. The minimum Gasteiger partial charge on any atom is -0.354 e. The minimum atomic E-state index is -4.25.